The highest BCUT2D eigenvalue weighted by atomic mass is 35.5. The van der Waals surface area contributed by atoms with Crippen LogP contribution in [0, 0.1) is 5.92 Å². The first-order valence-corrected chi connectivity index (χ1v) is 7.52. The molecule has 2 rings (SSSR count). The Labute approximate surface area is 129 Å². The maximum atomic E-state index is 5.97. The molecule has 1 fully saturated rings. The minimum Gasteiger partial charge on any atom is -0.493 e. The van der Waals surface area contributed by atoms with Crippen LogP contribution in [-0.2, 0) is 0 Å². The van der Waals surface area contributed by atoms with E-state index >= 15 is 0 Å². The summed E-state index contributed by atoms with van der Waals surface area (Å²) < 4.78 is 5.97. The van der Waals surface area contributed by atoms with Crippen molar-refractivity contribution in [3.05, 3.63) is 24.3 Å². The van der Waals surface area contributed by atoms with E-state index in [0.717, 1.165) is 38.5 Å². The van der Waals surface area contributed by atoms with Crippen molar-refractivity contribution in [3.63, 3.8) is 0 Å². The molecule has 0 radical (unpaired) electrons. The molecule has 0 unspecified atom stereocenters. The number of nitrogens with zero attached hydrogens (tertiary/aromatic N) is 1. The third-order valence-corrected chi connectivity index (χ3v) is 3.89. The third kappa shape index (κ3) is 4.88. The van der Waals surface area contributed by atoms with Gasteiger partial charge < -0.3 is 15.0 Å². The molecule has 0 aromatic heterocycles. The molecule has 0 spiro atoms. The van der Waals surface area contributed by atoms with Crippen LogP contribution in [0.3, 0.4) is 0 Å². The number of anilines is 1. The van der Waals surface area contributed by atoms with Gasteiger partial charge in [0.25, 0.3) is 0 Å². The molecule has 20 heavy (non-hydrogen) atoms. The predicted molar refractivity (Wildman–Crippen MR) is 88.3 cm³/mol. The van der Waals surface area contributed by atoms with E-state index in [4.69, 9.17) is 4.74 Å². The first kappa shape index (κ1) is 17.1. The average Bonchev–Trinajstić information content (AvgIpc) is 2.48. The molecule has 0 amide bonds. The molecule has 4 heteroatoms. The van der Waals surface area contributed by atoms with Crippen LogP contribution in [0.15, 0.2) is 24.3 Å². The Morgan fingerprint density at radius 1 is 1.20 bits per heavy atom. The molecule has 1 N–H and O–H groups in total. The van der Waals surface area contributed by atoms with Crippen LogP contribution >= 0.6 is 12.4 Å². The summed E-state index contributed by atoms with van der Waals surface area (Å²) in [6.07, 6.45) is 2.46. The zero-order valence-corrected chi connectivity index (χ0v) is 13.4. The number of ether oxygens (including phenoxy) is 1. The average molecular weight is 299 g/mol. The monoisotopic (exact) mass is 298 g/mol. The highest BCUT2D eigenvalue weighted by Gasteiger charge is 2.13. The minimum atomic E-state index is 0. The molecule has 1 aliphatic heterocycles. The summed E-state index contributed by atoms with van der Waals surface area (Å²) in [4.78, 5) is 2.34. The second-order valence-corrected chi connectivity index (χ2v) is 5.17. The highest BCUT2D eigenvalue weighted by molar-refractivity contribution is 5.85. The fourth-order valence-electron chi connectivity index (χ4n) is 2.62. The van der Waals surface area contributed by atoms with Crippen LogP contribution in [0.2, 0.25) is 0 Å². The predicted octanol–water partition coefficient (Wildman–Crippen LogP) is 3.33. The van der Waals surface area contributed by atoms with Crippen molar-refractivity contribution in [2.75, 3.05) is 37.7 Å². The fraction of sp³-hybridized carbons (Fsp3) is 0.625. The smallest absolute Gasteiger partial charge is 0.121 e. The van der Waals surface area contributed by atoms with Gasteiger partial charge >= 0.3 is 0 Å². The normalized spacial score (nSPS) is 15.5. The number of nitrogens with one attached hydrogen (secondary N) is 1. The van der Waals surface area contributed by atoms with Crippen molar-refractivity contribution in [1.82, 2.24) is 5.32 Å². The summed E-state index contributed by atoms with van der Waals surface area (Å²) in [6, 6.07) is 8.47. The van der Waals surface area contributed by atoms with Gasteiger partial charge in [0.05, 0.1) is 6.61 Å². The van der Waals surface area contributed by atoms with Gasteiger partial charge in [-0.15, -0.1) is 12.4 Å². The molecule has 1 saturated heterocycles. The van der Waals surface area contributed by atoms with Gasteiger partial charge in [-0.1, -0.05) is 6.07 Å². The van der Waals surface area contributed by atoms with Gasteiger partial charge in [0.15, 0.2) is 0 Å². The van der Waals surface area contributed by atoms with Crippen LogP contribution in [0.4, 0.5) is 5.69 Å². The Morgan fingerprint density at radius 3 is 2.55 bits per heavy atom. The molecule has 0 bridgehead atoms. The van der Waals surface area contributed by atoms with Crippen molar-refractivity contribution in [2.24, 2.45) is 5.92 Å². The Kier molecular flexibility index (Phi) is 7.78. The maximum Gasteiger partial charge on any atom is 0.121 e. The Hall–Kier alpha value is -0.930. The Balaban J connectivity index is 0.00000200. The Bertz CT molecular complexity index is 376. The van der Waals surface area contributed by atoms with Gasteiger partial charge in [0.1, 0.15) is 5.75 Å². The van der Waals surface area contributed by atoms with Gasteiger partial charge in [-0.2, -0.15) is 0 Å². The summed E-state index contributed by atoms with van der Waals surface area (Å²) in [5.74, 6) is 1.71. The summed E-state index contributed by atoms with van der Waals surface area (Å²) in [6.45, 7) is 9.56. The lowest BCUT2D eigenvalue weighted by Crippen LogP contribution is -2.30. The number of halogens is 1. The number of hydrogen-bond donors (Lipinski definition) is 1. The van der Waals surface area contributed by atoms with Gasteiger partial charge in [-0.3, -0.25) is 0 Å². The largest absolute Gasteiger partial charge is 0.493 e. The fourth-order valence-corrected chi connectivity index (χ4v) is 2.62. The SMILES string of the molecule is CCN(CC)c1cccc(OCC2CCNCC2)c1.Cl. The lowest BCUT2D eigenvalue weighted by Gasteiger charge is -2.24. The topological polar surface area (TPSA) is 24.5 Å². The molecular weight excluding hydrogens is 272 g/mol. The minimum absolute atomic E-state index is 0. The van der Waals surface area contributed by atoms with E-state index in [1.54, 1.807) is 0 Å². The van der Waals surface area contributed by atoms with Crippen LogP contribution in [0.5, 0.6) is 5.75 Å². The second-order valence-electron chi connectivity index (χ2n) is 5.17. The van der Waals surface area contributed by atoms with Crippen LogP contribution < -0.4 is 15.0 Å². The van der Waals surface area contributed by atoms with Crippen LogP contribution in [0.1, 0.15) is 26.7 Å². The van der Waals surface area contributed by atoms with Crippen molar-refractivity contribution in [3.8, 4) is 5.75 Å². The van der Waals surface area contributed by atoms with Crippen molar-refractivity contribution in [1.29, 1.82) is 0 Å². The number of hydrogen-bond acceptors (Lipinski definition) is 3. The van der Waals surface area contributed by atoms with E-state index in [0.29, 0.717) is 5.92 Å². The molecule has 0 saturated carbocycles. The van der Waals surface area contributed by atoms with E-state index in [1.165, 1.54) is 18.5 Å². The van der Waals surface area contributed by atoms with E-state index < -0.39 is 0 Å². The van der Waals surface area contributed by atoms with Gasteiger partial charge in [-0.05, 0) is 57.8 Å². The van der Waals surface area contributed by atoms with Crippen LogP contribution in [0.25, 0.3) is 0 Å². The lowest BCUT2D eigenvalue weighted by molar-refractivity contribution is 0.215. The van der Waals surface area contributed by atoms with E-state index in [9.17, 15) is 0 Å². The number of benzene rings is 1. The molecule has 1 heterocycles. The lowest BCUT2D eigenvalue weighted by atomic mass is 9.99. The van der Waals surface area contributed by atoms with E-state index in [1.807, 2.05) is 0 Å². The van der Waals surface area contributed by atoms with Gasteiger partial charge in [0.2, 0.25) is 0 Å². The zero-order chi connectivity index (χ0) is 13.5. The summed E-state index contributed by atoms with van der Waals surface area (Å²) >= 11 is 0. The molecule has 114 valence electrons. The molecule has 1 aliphatic rings. The standard InChI is InChI=1S/C16H26N2O.ClH/c1-3-18(4-2)15-6-5-7-16(12-15)19-13-14-8-10-17-11-9-14;/h5-7,12,14,17H,3-4,8-11,13H2,1-2H3;1H. The summed E-state index contributed by atoms with van der Waals surface area (Å²) in [7, 11) is 0. The molecule has 3 nitrogen and oxygen atoms in total. The zero-order valence-electron chi connectivity index (χ0n) is 12.6. The summed E-state index contributed by atoms with van der Waals surface area (Å²) in [5, 5.41) is 3.39. The first-order valence-electron chi connectivity index (χ1n) is 7.52. The van der Waals surface area contributed by atoms with Crippen LogP contribution in [-0.4, -0.2) is 32.8 Å². The van der Waals surface area contributed by atoms with Gasteiger partial charge in [0, 0.05) is 24.8 Å². The van der Waals surface area contributed by atoms with E-state index in [-0.39, 0.29) is 12.4 Å². The van der Waals surface area contributed by atoms with Gasteiger partial charge in [-0.25, -0.2) is 0 Å². The van der Waals surface area contributed by atoms with Crippen molar-refractivity contribution >= 4 is 18.1 Å². The quantitative estimate of drug-likeness (QED) is 0.872. The maximum absolute atomic E-state index is 5.97. The number of piperidine rings is 1. The molecule has 0 aliphatic carbocycles. The molecule has 0 atom stereocenters. The molecular formula is C16H27ClN2O. The van der Waals surface area contributed by atoms with Crippen molar-refractivity contribution < 1.29 is 4.74 Å². The van der Waals surface area contributed by atoms with E-state index in [2.05, 4.69) is 48.3 Å². The first-order chi connectivity index (χ1) is 9.33. The van der Waals surface area contributed by atoms with Crippen molar-refractivity contribution in [2.45, 2.75) is 26.7 Å². The molecule has 1 aromatic carbocycles. The number of rotatable bonds is 6. The Morgan fingerprint density at radius 2 is 1.90 bits per heavy atom. The second kappa shape index (κ2) is 9.09. The summed E-state index contributed by atoms with van der Waals surface area (Å²) in [5.41, 5.74) is 1.26. The molecule has 1 aromatic rings. The highest BCUT2D eigenvalue weighted by Crippen LogP contribution is 2.22. The third-order valence-electron chi connectivity index (χ3n) is 3.89.